The van der Waals surface area contributed by atoms with Crippen LogP contribution in [0.25, 0.3) is 0 Å². The molecule has 4 nitrogen and oxygen atoms in total. The highest BCUT2D eigenvalue weighted by atomic mass is 19.1. The molecule has 0 aliphatic rings. The Morgan fingerprint density at radius 2 is 2.06 bits per heavy atom. The highest BCUT2D eigenvalue weighted by Gasteiger charge is 2.05. The third kappa shape index (κ3) is 2.71. The minimum Gasteiger partial charge on any atom is -0.459 e. The Bertz CT molecular complexity index is 524. The quantitative estimate of drug-likeness (QED) is 0.908. The Balaban J connectivity index is 2.06. The van der Waals surface area contributed by atoms with Crippen molar-refractivity contribution < 1.29 is 13.5 Å². The van der Waals surface area contributed by atoms with Crippen molar-refractivity contribution in [3.05, 3.63) is 47.2 Å². The lowest BCUT2D eigenvalue weighted by Crippen LogP contribution is -2.03. The van der Waals surface area contributed by atoms with Gasteiger partial charge in [-0.15, -0.1) is 0 Å². The molecule has 2 N–H and O–H groups in total. The number of nitrogens with zero attached hydrogens (tertiary/aromatic N) is 2. The molecule has 0 aliphatic heterocycles. The molecular weight excluding hydrogens is 240 g/mol. The predicted molar refractivity (Wildman–Crippen MR) is 61.9 cm³/mol. The first-order valence-corrected chi connectivity index (χ1v) is 5.22. The molecule has 0 atom stereocenters. The van der Waals surface area contributed by atoms with Crippen LogP contribution in [0.3, 0.4) is 0 Å². The summed E-state index contributed by atoms with van der Waals surface area (Å²) in [5.41, 5.74) is 6.45. The van der Waals surface area contributed by atoms with Crippen LogP contribution in [0.15, 0.2) is 24.4 Å². The Morgan fingerprint density at radius 1 is 1.28 bits per heavy atom. The standard InChI is InChI=1S/C12H11F2N3O/c1-7-2-3-8(4-9(7)13)6-18-12-16-5-10(14)11(15)17-12/h2-5H,6H2,1H3,(H2,15,16,17). The third-order valence-corrected chi connectivity index (χ3v) is 2.35. The van der Waals surface area contributed by atoms with Gasteiger partial charge in [0.15, 0.2) is 11.6 Å². The molecule has 0 spiro atoms. The first-order valence-electron chi connectivity index (χ1n) is 5.22. The number of nitrogen functional groups attached to an aromatic ring is 1. The van der Waals surface area contributed by atoms with Gasteiger partial charge in [-0.3, -0.25) is 0 Å². The van der Waals surface area contributed by atoms with Crippen molar-refractivity contribution in [3.63, 3.8) is 0 Å². The molecule has 0 saturated carbocycles. The number of aromatic nitrogens is 2. The lowest BCUT2D eigenvalue weighted by molar-refractivity contribution is 0.279. The molecule has 0 unspecified atom stereocenters. The van der Waals surface area contributed by atoms with Gasteiger partial charge in [-0.2, -0.15) is 4.98 Å². The topological polar surface area (TPSA) is 61.0 Å². The van der Waals surface area contributed by atoms with E-state index in [2.05, 4.69) is 9.97 Å². The van der Waals surface area contributed by atoms with E-state index in [0.717, 1.165) is 6.20 Å². The molecule has 0 bridgehead atoms. The molecule has 0 fully saturated rings. The monoisotopic (exact) mass is 251 g/mol. The van der Waals surface area contributed by atoms with E-state index in [-0.39, 0.29) is 24.3 Å². The summed E-state index contributed by atoms with van der Waals surface area (Å²) in [6.07, 6.45) is 0.924. The average molecular weight is 251 g/mol. The minimum atomic E-state index is -0.705. The average Bonchev–Trinajstić information content (AvgIpc) is 2.35. The fourth-order valence-electron chi connectivity index (χ4n) is 1.31. The van der Waals surface area contributed by atoms with Crippen LogP contribution in [-0.2, 0) is 6.61 Å². The first kappa shape index (κ1) is 12.2. The summed E-state index contributed by atoms with van der Waals surface area (Å²) < 4.78 is 31.3. The van der Waals surface area contributed by atoms with Crippen LogP contribution >= 0.6 is 0 Å². The Morgan fingerprint density at radius 3 is 2.72 bits per heavy atom. The highest BCUT2D eigenvalue weighted by molar-refractivity contribution is 5.29. The fourth-order valence-corrected chi connectivity index (χ4v) is 1.31. The summed E-state index contributed by atoms with van der Waals surface area (Å²) in [7, 11) is 0. The van der Waals surface area contributed by atoms with Gasteiger partial charge in [0.2, 0.25) is 0 Å². The second-order valence-electron chi connectivity index (χ2n) is 3.76. The normalized spacial score (nSPS) is 10.4. The zero-order valence-electron chi connectivity index (χ0n) is 9.65. The van der Waals surface area contributed by atoms with Gasteiger partial charge in [-0.05, 0) is 24.1 Å². The predicted octanol–water partition coefficient (Wildman–Crippen LogP) is 2.22. The molecule has 1 aromatic heterocycles. The van der Waals surface area contributed by atoms with Gasteiger partial charge in [-0.1, -0.05) is 12.1 Å². The summed E-state index contributed by atoms with van der Waals surface area (Å²) in [5, 5.41) is 0. The number of benzene rings is 1. The largest absolute Gasteiger partial charge is 0.459 e. The second kappa shape index (κ2) is 4.95. The van der Waals surface area contributed by atoms with E-state index in [4.69, 9.17) is 10.5 Å². The first-order chi connectivity index (χ1) is 8.56. The molecule has 2 aromatic rings. The lowest BCUT2D eigenvalue weighted by atomic mass is 10.1. The number of anilines is 1. The molecular formula is C12H11F2N3O. The molecule has 0 radical (unpaired) electrons. The molecule has 1 aromatic carbocycles. The van der Waals surface area contributed by atoms with Gasteiger partial charge in [0.1, 0.15) is 12.4 Å². The minimum absolute atomic E-state index is 0.0464. The maximum absolute atomic E-state index is 13.3. The molecule has 1 heterocycles. The highest BCUT2D eigenvalue weighted by Crippen LogP contribution is 2.13. The van der Waals surface area contributed by atoms with Crippen molar-refractivity contribution in [2.45, 2.75) is 13.5 Å². The van der Waals surface area contributed by atoms with Crippen LogP contribution < -0.4 is 10.5 Å². The van der Waals surface area contributed by atoms with Crippen LogP contribution in [-0.4, -0.2) is 9.97 Å². The van der Waals surface area contributed by atoms with E-state index in [1.807, 2.05) is 0 Å². The van der Waals surface area contributed by atoms with Gasteiger partial charge in [0, 0.05) is 0 Å². The molecule has 0 aliphatic carbocycles. The van der Waals surface area contributed by atoms with Crippen LogP contribution in [0.4, 0.5) is 14.6 Å². The summed E-state index contributed by atoms with van der Waals surface area (Å²) in [6, 6.07) is 4.69. The van der Waals surface area contributed by atoms with E-state index >= 15 is 0 Å². The van der Waals surface area contributed by atoms with E-state index in [1.165, 1.54) is 6.07 Å². The summed E-state index contributed by atoms with van der Waals surface area (Å²) in [6.45, 7) is 1.76. The zero-order chi connectivity index (χ0) is 13.1. The van der Waals surface area contributed by atoms with Gasteiger partial charge in [0.05, 0.1) is 6.20 Å². The van der Waals surface area contributed by atoms with Crippen LogP contribution in [0.1, 0.15) is 11.1 Å². The number of hydrogen-bond acceptors (Lipinski definition) is 4. The van der Waals surface area contributed by atoms with Crippen molar-refractivity contribution in [2.24, 2.45) is 0 Å². The van der Waals surface area contributed by atoms with Gasteiger partial charge in [0.25, 0.3) is 0 Å². The number of halogens is 2. The lowest BCUT2D eigenvalue weighted by Gasteiger charge is -2.06. The zero-order valence-corrected chi connectivity index (χ0v) is 9.65. The maximum atomic E-state index is 13.3. The molecule has 94 valence electrons. The van der Waals surface area contributed by atoms with Crippen molar-refractivity contribution in [3.8, 4) is 6.01 Å². The number of nitrogens with two attached hydrogens (primary N) is 1. The van der Waals surface area contributed by atoms with Crippen LogP contribution in [0.2, 0.25) is 0 Å². The summed E-state index contributed by atoms with van der Waals surface area (Å²) >= 11 is 0. The molecule has 0 amide bonds. The molecule has 2 rings (SSSR count). The Kier molecular flexibility index (Phi) is 3.36. The maximum Gasteiger partial charge on any atom is 0.318 e. The Hall–Kier alpha value is -2.24. The van der Waals surface area contributed by atoms with Crippen LogP contribution in [0, 0.1) is 18.6 Å². The van der Waals surface area contributed by atoms with Crippen molar-refractivity contribution in [1.29, 1.82) is 0 Å². The third-order valence-electron chi connectivity index (χ3n) is 2.35. The number of rotatable bonds is 3. The van der Waals surface area contributed by atoms with Gasteiger partial charge in [-0.25, -0.2) is 13.8 Å². The summed E-state index contributed by atoms with van der Waals surface area (Å²) in [4.78, 5) is 7.22. The number of ether oxygens (including phenoxy) is 1. The smallest absolute Gasteiger partial charge is 0.318 e. The van der Waals surface area contributed by atoms with Crippen molar-refractivity contribution in [2.75, 3.05) is 5.73 Å². The van der Waals surface area contributed by atoms with E-state index in [9.17, 15) is 8.78 Å². The van der Waals surface area contributed by atoms with Gasteiger partial charge < -0.3 is 10.5 Å². The van der Waals surface area contributed by atoms with E-state index in [0.29, 0.717) is 11.1 Å². The second-order valence-corrected chi connectivity index (χ2v) is 3.76. The summed E-state index contributed by atoms with van der Waals surface area (Å²) in [5.74, 6) is -1.30. The molecule has 18 heavy (non-hydrogen) atoms. The van der Waals surface area contributed by atoms with Gasteiger partial charge >= 0.3 is 6.01 Å². The number of hydrogen-bond donors (Lipinski definition) is 1. The van der Waals surface area contributed by atoms with Crippen LogP contribution in [0.5, 0.6) is 6.01 Å². The fraction of sp³-hybridized carbons (Fsp3) is 0.167. The van der Waals surface area contributed by atoms with Crippen molar-refractivity contribution in [1.82, 2.24) is 9.97 Å². The SMILES string of the molecule is Cc1ccc(COc2ncc(F)c(N)n2)cc1F. The Labute approximate surface area is 102 Å². The van der Waals surface area contributed by atoms with Crippen molar-refractivity contribution >= 4 is 5.82 Å². The molecule has 6 heteroatoms. The number of aryl methyl sites for hydroxylation is 1. The van der Waals surface area contributed by atoms with E-state index in [1.54, 1.807) is 19.1 Å². The molecule has 0 saturated heterocycles. The van der Waals surface area contributed by atoms with E-state index < -0.39 is 5.82 Å².